The zero-order valence-corrected chi connectivity index (χ0v) is 14.8. The zero-order valence-electron chi connectivity index (χ0n) is 13.9. The minimum Gasteiger partial charge on any atom is -0.497 e. The van der Waals surface area contributed by atoms with Gasteiger partial charge >= 0.3 is 0 Å². The number of aryl methyl sites for hydroxylation is 2. The smallest absolute Gasteiger partial charge is 0.248 e. The Hall–Kier alpha value is -2.12. The largest absolute Gasteiger partial charge is 0.497 e. The number of methoxy groups -OCH3 is 1. The summed E-state index contributed by atoms with van der Waals surface area (Å²) >= 11 is 0. The number of hydrogen-bond donors (Lipinski definition) is 0. The second-order valence-corrected chi connectivity index (χ2v) is 7.60. The zero-order chi connectivity index (χ0) is 17.3. The van der Waals surface area contributed by atoms with Crippen molar-refractivity contribution in [3.8, 4) is 5.75 Å². The molecule has 0 radical (unpaired) electrons. The van der Waals surface area contributed by atoms with Gasteiger partial charge in [0.1, 0.15) is 16.3 Å². The fourth-order valence-corrected chi connectivity index (χ4v) is 4.58. The molecule has 0 N–H and O–H groups in total. The van der Waals surface area contributed by atoms with Gasteiger partial charge in [-0.2, -0.15) is 4.31 Å². The number of ether oxygens (including phenoxy) is 1. The summed E-state index contributed by atoms with van der Waals surface area (Å²) in [5.74, 6) is 1.13. The minimum atomic E-state index is -3.58. The number of hydrogen-bond acceptors (Lipinski definition) is 5. The van der Waals surface area contributed by atoms with Crippen LogP contribution in [-0.4, -0.2) is 38.1 Å². The van der Waals surface area contributed by atoms with Crippen molar-refractivity contribution in [2.75, 3.05) is 20.2 Å². The molecule has 24 heavy (non-hydrogen) atoms. The van der Waals surface area contributed by atoms with E-state index in [0.717, 1.165) is 16.9 Å². The second kappa shape index (κ2) is 6.41. The normalized spacial score (nSPS) is 16.0. The van der Waals surface area contributed by atoms with Gasteiger partial charge in [-0.15, -0.1) is 0 Å². The highest BCUT2D eigenvalue weighted by atomic mass is 32.2. The van der Waals surface area contributed by atoms with Crippen molar-refractivity contribution in [3.05, 3.63) is 47.4 Å². The summed E-state index contributed by atoms with van der Waals surface area (Å²) in [4.78, 5) is 0.184. The van der Waals surface area contributed by atoms with Crippen LogP contribution in [0.4, 0.5) is 0 Å². The Balaban J connectivity index is 1.81. The summed E-state index contributed by atoms with van der Waals surface area (Å²) in [6.07, 6.45) is 2.62. The molecule has 2 aromatic rings. The van der Waals surface area contributed by atoms with Crippen molar-refractivity contribution >= 4 is 15.6 Å². The highest BCUT2D eigenvalue weighted by Gasteiger charge is 2.31. The molecule has 0 fully saturated rings. The van der Waals surface area contributed by atoms with Gasteiger partial charge in [-0.25, -0.2) is 8.42 Å². The first kappa shape index (κ1) is 16.7. The molecule has 7 heteroatoms. The lowest BCUT2D eigenvalue weighted by molar-refractivity contribution is 0.389. The van der Waals surface area contributed by atoms with Crippen LogP contribution in [0, 0.1) is 13.8 Å². The minimum absolute atomic E-state index is 0.184. The summed E-state index contributed by atoms with van der Waals surface area (Å²) < 4.78 is 37.2. The van der Waals surface area contributed by atoms with Crippen molar-refractivity contribution in [3.63, 3.8) is 0 Å². The topological polar surface area (TPSA) is 72.6 Å². The van der Waals surface area contributed by atoms with Gasteiger partial charge in [-0.1, -0.05) is 23.4 Å². The van der Waals surface area contributed by atoms with Crippen molar-refractivity contribution < 1.29 is 17.7 Å². The quantitative estimate of drug-likeness (QED) is 0.849. The van der Waals surface area contributed by atoms with Gasteiger partial charge < -0.3 is 9.26 Å². The van der Waals surface area contributed by atoms with Crippen molar-refractivity contribution in [1.82, 2.24) is 9.46 Å². The SMILES string of the molecule is COc1ccc(C2=CCN(S(=O)(=O)c3c(C)noc3C)CC2)cc1. The van der Waals surface area contributed by atoms with Crippen molar-refractivity contribution in [2.45, 2.75) is 25.2 Å². The Labute approximate surface area is 141 Å². The molecule has 0 amide bonds. The molecular formula is C17H20N2O4S. The molecule has 1 aliphatic rings. The van der Waals surface area contributed by atoms with Crippen LogP contribution in [0.2, 0.25) is 0 Å². The van der Waals surface area contributed by atoms with Crippen molar-refractivity contribution in [1.29, 1.82) is 0 Å². The molecule has 3 rings (SSSR count). The fourth-order valence-electron chi connectivity index (χ4n) is 2.91. The van der Waals surface area contributed by atoms with E-state index in [1.165, 1.54) is 4.31 Å². The Bertz CT molecular complexity index is 847. The van der Waals surface area contributed by atoms with Crippen LogP contribution in [0.15, 0.2) is 39.8 Å². The standard InChI is InChI=1S/C17H20N2O4S/c1-12-17(13(2)23-18-12)24(20,21)19-10-8-15(9-11-19)14-4-6-16(22-3)7-5-14/h4-8H,9-11H2,1-3H3. The summed E-state index contributed by atoms with van der Waals surface area (Å²) in [5, 5.41) is 3.75. The van der Waals surface area contributed by atoms with Gasteiger partial charge in [0.25, 0.3) is 0 Å². The van der Waals surface area contributed by atoms with E-state index in [1.807, 2.05) is 30.3 Å². The molecule has 0 bridgehead atoms. The van der Waals surface area contributed by atoms with E-state index in [0.29, 0.717) is 31.0 Å². The molecule has 0 unspecified atom stereocenters. The number of nitrogens with zero attached hydrogens (tertiary/aromatic N) is 2. The highest BCUT2D eigenvalue weighted by Crippen LogP contribution is 2.29. The van der Waals surface area contributed by atoms with Crippen molar-refractivity contribution in [2.24, 2.45) is 0 Å². The fraction of sp³-hybridized carbons (Fsp3) is 0.353. The predicted molar refractivity (Wildman–Crippen MR) is 90.3 cm³/mol. The molecule has 0 saturated carbocycles. The predicted octanol–water partition coefficient (Wildman–Crippen LogP) is 2.78. The third-order valence-electron chi connectivity index (χ3n) is 4.20. The first-order valence-corrected chi connectivity index (χ1v) is 9.14. The maximum absolute atomic E-state index is 12.8. The lowest BCUT2D eigenvalue weighted by Crippen LogP contribution is -2.35. The maximum Gasteiger partial charge on any atom is 0.248 e. The van der Waals surface area contributed by atoms with Gasteiger partial charge in [0.15, 0.2) is 5.76 Å². The second-order valence-electron chi connectivity index (χ2n) is 5.72. The summed E-state index contributed by atoms with van der Waals surface area (Å²) in [5.41, 5.74) is 2.63. The monoisotopic (exact) mass is 348 g/mol. The van der Waals surface area contributed by atoms with E-state index < -0.39 is 10.0 Å². The lowest BCUT2D eigenvalue weighted by Gasteiger charge is -2.25. The van der Waals surface area contributed by atoms with E-state index in [2.05, 4.69) is 5.16 Å². The van der Waals surface area contributed by atoms with Crippen LogP contribution < -0.4 is 4.74 Å². The van der Waals surface area contributed by atoms with Crippen LogP contribution in [0.5, 0.6) is 5.75 Å². The summed E-state index contributed by atoms with van der Waals surface area (Å²) in [6, 6.07) is 7.79. The van der Waals surface area contributed by atoms with E-state index >= 15 is 0 Å². The molecule has 1 aromatic carbocycles. The third kappa shape index (κ3) is 2.97. The van der Waals surface area contributed by atoms with Crippen LogP contribution in [0.25, 0.3) is 5.57 Å². The molecule has 0 aliphatic carbocycles. The first-order chi connectivity index (χ1) is 11.4. The van der Waals surface area contributed by atoms with Gasteiger partial charge in [0, 0.05) is 13.1 Å². The Morgan fingerprint density at radius 1 is 1.21 bits per heavy atom. The Morgan fingerprint density at radius 2 is 1.92 bits per heavy atom. The molecule has 6 nitrogen and oxygen atoms in total. The van der Waals surface area contributed by atoms with Gasteiger partial charge in [0.2, 0.25) is 10.0 Å². The van der Waals surface area contributed by atoms with Gasteiger partial charge in [-0.3, -0.25) is 0 Å². The first-order valence-electron chi connectivity index (χ1n) is 7.70. The van der Waals surface area contributed by atoms with Crippen LogP contribution in [0.1, 0.15) is 23.4 Å². The Kier molecular flexibility index (Phi) is 4.47. The van der Waals surface area contributed by atoms with Gasteiger partial charge in [0.05, 0.1) is 7.11 Å². The molecule has 0 atom stereocenters. The highest BCUT2D eigenvalue weighted by molar-refractivity contribution is 7.89. The Morgan fingerprint density at radius 3 is 2.42 bits per heavy atom. The van der Waals surface area contributed by atoms with E-state index in [-0.39, 0.29) is 4.90 Å². The van der Waals surface area contributed by atoms with E-state index in [4.69, 9.17) is 9.26 Å². The summed E-state index contributed by atoms with van der Waals surface area (Å²) in [7, 11) is -1.95. The number of rotatable bonds is 4. The molecular weight excluding hydrogens is 328 g/mol. The number of aromatic nitrogens is 1. The van der Waals surface area contributed by atoms with Gasteiger partial charge in [-0.05, 0) is 43.5 Å². The maximum atomic E-state index is 12.8. The molecule has 1 aromatic heterocycles. The molecule has 0 saturated heterocycles. The summed E-state index contributed by atoms with van der Waals surface area (Å²) in [6.45, 7) is 4.04. The van der Waals surface area contributed by atoms with E-state index in [9.17, 15) is 8.42 Å². The average molecular weight is 348 g/mol. The number of benzene rings is 1. The third-order valence-corrected chi connectivity index (χ3v) is 6.31. The molecule has 1 aliphatic heterocycles. The molecule has 128 valence electrons. The average Bonchev–Trinajstić information content (AvgIpc) is 2.94. The van der Waals surface area contributed by atoms with Crippen LogP contribution in [-0.2, 0) is 10.0 Å². The van der Waals surface area contributed by atoms with Crippen LogP contribution >= 0.6 is 0 Å². The number of sulfonamides is 1. The molecule has 0 spiro atoms. The molecule has 2 heterocycles. The van der Waals surface area contributed by atoms with E-state index in [1.54, 1.807) is 21.0 Å². The lowest BCUT2D eigenvalue weighted by atomic mass is 10.0. The van der Waals surface area contributed by atoms with Crippen LogP contribution in [0.3, 0.4) is 0 Å².